The summed E-state index contributed by atoms with van der Waals surface area (Å²) in [6.07, 6.45) is 3.30. The molecule has 120 valence electrons. The number of aliphatic hydroxyl groups excluding tert-OH is 1. The minimum atomic E-state index is 0.0782. The number of aromatic nitrogens is 1. The summed E-state index contributed by atoms with van der Waals surface area (Å²) in [5.41, 5.74) is 1.14. The van der Waals surface area contributed by atoms with Gasteiger partial charge in [-0.05, 0) is 26.2 Å². The van der Waals surface area contributed by atoms with E-state index in [2.05, 4.69) is 15.3 Å². The Hall–Kier alpha value is -0.530. The third-order valence-corrected chi connectivity index (χ3v) is 4.90. The van der Waals surface area contributed by atoms with Gasteiger partial charge in [0.15, 0.2) is 0 Å². The molecule has 1 aliphatic rings. The highest BCUT2D eigenvalue weighted by Gasteiger charge is 2.20. The van der Waals surface area contributed by atoms with E-state index >= 15 is 0 Å². The quantitative estimate of drug-likeness (QED) is 0.746. The van der Waals surface area contributed by atoms with Crippen LogP contribution in [0.2, 0.25) is 0 Å². The molecule has 5 nitrogen and oxygen atoms in total. The summed E-state index contributed by atoms with van der Waals surface area (Å²) in [6.45, 7) is 5.93. The maximum atomic E-state index is 8.76. The zero-order valence-corrected chi connectivity index (χ0v) is 13.8. The van der Waals surface area contributed by atoms with E-state index < -0.39 is 0 Å². The number of ether oxygens (including phenoxy) is 2. The van der Waals surface area contributed by atoms with Crippen molar-refractivity contribution in [2.45, 2.75) is 44.9 Å². The summed E-state index contributed by atoms with van der Waals surface area (Å²) < 4.78 is 11.1. The average Bonchev–Trinajstić information content (AvgIpc) is 2.97. The van der Waals surface area contributed by atoms with Crippen molar-refractivity contribution in [2.24, 2.45) is 0 Å². The largest absolute Gasteiger partial charge is 0.396 e. The van der Waals surface area contributed by atoms with Crippen LogP contribution in [-0.2, 0) is 16.0 Å². The van der Waals surface area contributed by atoms with E-state index in [1.165, 1.54) is 0 Å². The number of thiazole rings is 1. The minimum absolute atomic E-state index is 0.0782. The van der Waals surface area contributed by atoms with Crippen LogP contribution < -0.4 is 0 Å². The van der Waals surface area contributed by atoms with E-state index in [0.717, 1.165) is 49.6 Å². The summed E-state index contributed by atoms with van der Waals surface area (Å²) >= 11 is 1.67. The molecule has 0 amide bonds. The Morgan fingerprint density at radius 2 is 2.24 bits per heavy atom. The second kappa shape index (κ2) is 8.80. The van der Waals surface area contributed by atoms with Crippen molar-refractivity contribution >= 4 is 11.3 Å². The first-order valence-corrected chi connectivity index (χ1v) is 8.52. The molecule has 6 heteroatoms. The molecule has 1 fully saturated rings. The molecule has 1 atom stereocenters. The Kier molecular flexibility index (Phi) is 7.06. The van der Waals surface area contributed by atoms with Crippen molar-refractivity contribution in [3.8, 4) is 0 Å². The lowest BCUT2D eigenvalue weighted by Crippen LogP contribution is -2.36. The lowest BCUT2D eigenvalue weighted by Gasteiger charge is -2.31. The number of likely N-dealkylation sites (tertiary alicyclic amines) is 1. The van der Waals surface area contributed by atoms with E-state index in [-0.39, 0.29) is 12.7 Å². The van der Waals surface area contributed by atoms with Crippen LogP contribution in [-0.4, -0.2) is 54.5 Å². The molecule has 0 spiro atoms. The fourth-order valence-corrected chi connectivity index (χ4v) is 3.30. The van der Waals surface area contributed by atoms with Crippen LogP contribution in [0.4, 0.5) is 0 Å². The van der Waals surface area contributed by atoms with E-state index in [1.807, 2.05) is 6.92 Å². The van der Waals surface area contributed by atoms with E-state index in [4.69, 9.17) is 14.6 Å². The van der Waals surface area contributed by atoms with Gasteiger partial charge in [0.1, 0.15) is 11.1 Å². The fraction of sp³-hybridized carbons (Fsp3) is 0.800. The van der Waals surface area contributed by atoms with Gasteiger partial charge < -0.3 is 14.6 Å². The zero-order valence-electron chi connectivity index (χ0n) is 13.0. The summed E-state index contributed by atoms with van der Waals surface area (Å²) in [4.78, 5) is 7.08. The monoisotopic (exact) mass is 314 g/mol. The van der Waals surface area contributed by atoms with Gasteiger partial charge in [-0.3, -0.25) is 4.90 Å². The topological polar surface area (TPSA) is 54.8 Å². The minimum Gasteiger partial charge on any atom is -0.396 e. The van der Waals surface area contributed by atoms with Crippen LogP contribution in [0.15, 0.2) is 5.38 Å². The second-order valence-electron chi connectivity index (χ2n) is 5.48. The van der Waals surface area contributed by atoms with E-state index in [9.17, 15) is 0 Å². The van der Waals surface area contributed by atoms with Crippen LogP contribution in [0, 0.1) is 0 Å². The third-order valence-electron chi connectivity index (χ3n) is 3.85. The summed E-state index contributed by atoms with van der Waals surface area (Å²) in [6, 6.07) is 0. The van der Waals surface area contributed by atoms with Gasteiger partial charge in [0, 0.05) is 45.3 Å². The smallest absolute Gasteiger partial charge is 0.122 e. The van der Waals surface area contributed by atoms with Crippen molar-refractivity contribution in [2.75, 3.05) is 33.4 Å². The maximum absolute atomic E-state index is 8.76. The number of hydrogen-bond donors (Lipinski definition) is 1. The van der Waals surface area contributed by atoms with Gasteiger partial charge in [-0.15, -0.1) is 11.3 Å². The Balaban J connectivity index is 1.72. The highest BCUT2D eigenvalue weighted by Crippen LogP contribution is 2.22. The molecule has 1 aromatic rings. The number of nitrogens with zero attached hydrogens (tertiary/aromatic N) is 2. The van der Waals surface area contributed by atoms with Crippen molar-refractivity contribution in [3.63, 3.8) is 0 Å². The van der Waals surface area contributed by atoms with Crippen molar-refractivity contribution < 1.29 is 14.6 Å². The number of piperidine rings is 1. The van der Waals surface area contributed by atoms with Crippen LogP contribution in [0.5, 0.6) is 0 Å². The number of aliphatic hydroxyl groups is 1. The molecule has 2 rings (SSSR count). The number of hydrogen-bond acceptors (Lipinski definition) is 6. The average molecular weight is 314 g/mol. The molecule has 0 radical (unpaired) electrons. The highest BCUT2D eigenvalue weighted by molar-refractivity contribution is 7.09. The molecular weight excluding hydrogens is 288 g/mol. The van der Waals surface area contributed by atoms with Crippen molar-refractivity contribution in [3.05, 3.63) is 16.1 Å². The van der Waals surface area contributed by atoms with Gasteiger partial charge in [-0.2, -0.15) is 0 Å². The van der Waals surface area contributed by atoms with Crippen LogP contribution in [0.3, 0.4) is 0 Å². The summed E-state index contributed by atoms with van der Waals surface area (Å²) in [5.74, 6) is 0. The Morgan fingerprint density at radius 3 is 2.90 bits per heavy atom. The molecule has 1 saturated heterocycles. The first-order valence-electron chi connectivity index (χ1n) is 7.65. The van der Waals surface area contributed by atoms with Gasteiger partial charge >= 0.3 is 0 Å². The van der Waals surface area contributed by atoms with Gasteiger partial charge in [-0.1, -0.05) is 0 Å². The Labute approximate surface area is 130 Å². The van der Waals surface area contributed by atoms with Crippen LogP contribution >= 0.6 is 11.3 Å². The molecule has 1 unspecified atom stereocenters. The predicted molar refractivity (Wildman–Crippen MR) is 83.5 cm³/mol. The van der Waals surface area contributed by atoms with Crippen LogP contribution in [0.1, 0.15) is 43.0 Å². The van der Waals surface area contributed by atoms with Gasteiger partial charge in [0.25, 0.3) is 0 Å². The highest BCUT2D eigenvalue weighted by atomic mass is 32.1. The fourth-order valence-electron chi connectivity index (χ4n) is 2.46. The molecule has 1 aliphatic heterocycles. The molecule has 2 heterocycles. The van der Waals surface area contributed by atoms with Crippen molar-refractivity contribution in [1.82, 2.24) is 9.88 Å². The molecular formula is C15H26N2O3S. The third kappa shape index (κ3) is 5.30. The normalized spacial score (nSPS) is 19.0. The molecule has 0 bridgehead atoms. The van der Waals surface area contributed by atoms with E-state index in [0.29, 0.717) is 12.7 Å². The van der Waals surface area contributed by atoms with Gasteiger partial charge in [0.2, 0.25) is 0 Å². The molecule has 0 saturated carbocycles. The van der Waals surface area contributed by atoms with Gasteiger partial charge in [0.05, 0.1) is 11.8 Å². The number of rotatable bonds is 8. The Bertz CT molecular complexity index is 405. The first-order chi connectivity index (χ1) is 10.2. The predicted octanol–water partition coefficient (Wildman–Crippen LogP) is 2.21. The number of methoxy groups -OCH3 is 1. The SMILES string of the molecule is COC(C)c1nc(CN2CCC(OCCCO)CC2)cs1. The summed E-state index contributed by atoms with van der Waals surface area (Å²) in [7, 11) is 1.72. The standard InChI is InChI=1S/C15H26N2O3S/c1-12(19-2)15-16-13(11-21-15)10-17-6-4-14(5-7-17)20-9-3-8-18/h11-12,14,18H,3-10H2,1-2H3. The zero-order chi connectivity index (χ0) is 15.1. The summed E-state index contributed by atoms with van der Waals surface area (Å²) in [5, 5.41) is 11.9. The van der Waals surface area contributed by atoms with E-state index in [1.54, 1.807) is 18.4 Å². The molecule has 0 aromatic carbocycles. The molecule has 1 N–H and O–H groups in total. The Morgan fingerprint density at radius 1 is 1.48 bits per heavy atom. The first kappa shape index (κ1) is 16.8. The molecule has 0 aliphatic carbocycles. The second-order valence-corrected chi connectivity index (χ2v) is 6.37. The maximum Gasteiger partial charge on any atom is 0.122 e. The van der Waals surface area contributed by atoms with Crippen LogP contribution in [0.25, 0.3) is 0 Å². The van der Waals surface area contributed by atoms with Gasteiger partial charge in [-0.25, -0.2) is 4.98 Å². The van der Waals surface area contributed by atoms with Crippen molar-refractivity contribution in [1.29, 1.82) is 0 Å². The molecule has 21 heavy (non-hydrogen) atoms. The molecule has 1 aromatic heterocycles. The lowest BCUT2D eigenvalue weighted by molar-refractivity contribution is 0.000581. The lowest BCUT2D eigenvalue weighted by atomic mass is 10.1.